The van der Waals surface area contributed by atoms with Crippen LogP contribution < -0.4 is 15.4 Å². The molecule has 140 valence electrons. The van der Waals surface area contributed by atoms with Crippen LogP contribution in [0.25, 0.3) is 0 Å². The average molecular weight is 367 g/mol. The molecule has 0 radical (unpaired) electrons. The number of aliphatic carboxylic acids is 1. The summed E-state index contributed by atoms with van der Waals surface area (Å²) in [6.45, 7) is 0.522. The van der Waals surface area contributed by atoms with Crippen LogP contribution in [0.5, 0.6) is 5.75 Å². The van der Waals surface area contributed by atoms with E-state index in [1.165, 1.54) is 11.9 Å². The first-order chi connectivity index (χ1) is 13.1. The summed E-state index contributed by atoms with van der Waals surface area (Å²) in [5.74, 6) is -1.16. The van der Waals surface area contributed by atoms with Gasteiger partial charge in [0.1, 0.15) is 12.4 Å². The molecule has 0 saturated carbocycles. The Kier molecular flexibility index (Phi) is 6.92. The predicted octanol–water partition coefficient (Wildman–Crippen LogP) is 2.15. The van der Waals surface area contributed by atoms with E-state index in [1.54, 1.807) is 42.5 Å². The molecule has 0 bridgehead atoms. The van der Waals surface area contributed by atoms with Crippen LogP contribution in [-0.4, -0.2) is 30.6 Å². The molecular formula is C20H21N3O4. The second-order valence-corrected chi connectivity index (χ2v) is 5.84. The van der Waals surface area contributed by atoms with Crippen LogP contribution in [0.1, 0.15) is 17.5 Å². The van der Waals surface area contributed by atoms with Crippen molar-refractivity contribution in [2.45, 2.75) is 13.0 Å². The van der Waals surface area contributed by atoms with E-state index in [-0.39, 0.29) is 18.9 Å². The number of benzene rings is 2. The second-order valence-electron chi connectivity index (χ2n) is 5.84. The Morgan fingerprint density at radius 2 is 2.00 bits per heavy atom. The van der Waals surface area contributed by atoms with Crippen LogP contribution in [0.15, 0.2) is 48.5 Å². The summed E-state index contributed by atoms with van der Waals surface area (Å²) in [4.78, 5) is 24.5. The Labute approximate surface area is 157 Å². The zero-order chi connectivity index (χ0) is 19.8. The highest BCUT2D eigenvalue weighted by molar-refractivity contribution is 5.99. The lowest BCUT2D eigenvalue weighted by molar-refractivity contribution is -0.141. The van der Waals surface area contributed by atoms with Crippen molar-refractivity contribution in [1.29, 1.82) is 5.26 Å². The molecule has 0 aromatic heterocycles. The quantitative estimate of drug-likeness (QED) is 0.836. The molecule has 3 N–H and O–H groups in total. The summed E-state index contributed by atoms with van der Waals surface area (Å²) in [5.41, 5.74) is 6.63. The van der Waals surface area contributed by atoms with Gasteiger partial charge in [-0.25, -0.2) is 0 Å². The van der Waals surface area contributed by atoms with Crippen molar-refractivity contribution in [3.63, 3.8) is 0 Å². The lowest BCUT2D eigenvalue weighted by atomic mass is 10.1. The van der Waals surface area contributed by atoms with Gasteiger partial charge in [-0.1, -0.05) is 12.1 Å². The van der Waals surface area contributed by atoms with Gasteiger partial charge in [0.25, 0.3) is 0 Å². The zero-order valence-corrected chi connectivity index (χ0v) is 15.0. The molecule has 2 aromatic rings. The van der Waals surface area contributed by atoms with Gasteiger partial charge in [0.2, 0.25) is 5.91 Å². The number of rotatable bonds is 5. The SMILES string of the molecule is CN.N#Cc1cccc(COc2ccc(N3CC(C(=O)O)CC3=O)cc2)c1. The fourth-order valence-electron chi connectivity index (χ4n) is 2.74. The Morgan fingerprint density at radius 3 is 2.59 bits per heavy atom. The molecule has 2 aromatic carbocycles. The van der Waals surface area contributed by atoms with E-state index in [0.717, 1.165) is 5.56 Å². The molecule has 3 rings (SSSR count). The van der Waals surface area contributed by atoms with Crippen LogP contribution in [0.3, 0.4) is 0 Å². The number of nitriles is 1. The molecule has 1 aliphatic rings. The zero-order valence-electron chi connectivity index (χ0n) is 15.0. The minimum Gasteiger partial charge on any atom is -0.489 e. The third kappa shape index (κ3) is 5.06. The van der Waals surface area contributed by atoms with Crippen LogP contribution in [-0.2, 0) is 16.2 Å². The first kappa shape index (κ1) is 19.9. The molecule has 1 aliphatic heterocycles. The van der Waals surface area contributed by atoms with Gasteiger partial charge >= 0.3 is 5.97 Å². The number of carbonyl (C=O) groups excluding carboxylic acids is 1. The number of carboxylic acid groups (broad SMARTS) is 1. The van der Waals surface area contributed by atoms with E-state index >= 15 is 0 Å². The van der Waals surface area contributed by atoms with Gasteiger partial charge < -0.3 is 20.5 Å². The number of hydrogen-bond acceptors (Lipinski definition) is 5. The summed E-state index contributed by atoms with van der Waals surface area (Å²) < 4.78 is 5.69. The summed E-state index contributed by atoms with van der Waals surface area (Å²) in [6.07, 6.45) is 0.0306. The van der Waals surface area contributed by atoms with Gasteiger partial charge in [0.05, 0.1) is 17.6 Å². The minimum absolute atomic E-state index is 0.0306. The summed E-state index contributed by atoms with van der Waals surface area (Å²) >= 11 is 0. The standard InChI is InChI=1S/C19H16N2O4.CH5N/c20-10-13-2-1-3-14(8-13)12-25-17-6-4-16(5-7-17)21-11-15(19(23)24)9-18(21)22;1-2/h1-8,15H,9,11-12H2,(H,23,24);2H2,1H3. The summed E-state index contributed by atoms with van der Waals surface area (Å²) in [5, 5.41) is 17.9. The number of hydrogen-bond donors (Lipinski definition) is 2. The maximum absolute atomic E-state index is 12.0. The number of carboxylic acids is 1. The van der Waals surface area contributed by atoms with E-state index in [9.17, 15) is 9.59 Å². The van der Waals surface area contributed by atoms with Crippen LogP contribution in [0.4, 0.5) is 5.69 Å². The molecule has 1 saturated heterocycles. The minimum atomic E-state index is -0.949. The number of nitrogens with zero attached hydrogens (tertiary/aromatic N) is 2. The number of ether oxygens (including phenoxy) is 1. The third-order valence-electron chi connectivity index (χ3n) is 4.08. The van der Waals surface area contributed by atoms with E-state index in [4.69, 9.17) is 15.1 Å². The van der Waals surface area contributed by atoms with E-state index < -0.39 is 11.9 Å². The van der Waals surface area contributed by atoms with E-state index in [1.807, 2.05) is 6.07 Å². The molecule has 7 nitrogen and oxygen atoms in total. The fraction of sp³-hybridized carbons (Fsp3) is 0.250. The molecule has 0 spiro atoms. The largest absolute Gasteiger partial charge is 0.489 e. The molecule has 1 atom stereocenters. The van der Waals surface area contributed by atoms with Gasteiger partial charge in [0.15, 0.2) is 0 Å². The highest BCUT2D eigenvalue weighted by Gasteiger charge is 2.34. The second kappa shape index (κ2) is 9.36. The van der Waals surface area contributed by atoms with Gasteiger partial charge in [-0.3, -0.25) is 9.59 Å². The van der Waals surface area contributed by atoms with Gasteiger partial charge in [-0.05, 0) is 49.0 Å². The highest BCUT2D eigenvalue weighted by atomic mass is 16.5. The van der Waals surface area contributed by atoms with Crippen molar-refractivity contribution in [3.8, 4) is 11.8 Å². The Balaban J connectivity index is 0.00000126. The molecule has 1 unspecified atom stereocenters. The summed E-state index contributed by atoms with van der Waals surface area (Å²) in [7, 11) is 1.50. The maximum Gasteiger partial charge on any atom is 0.308 e. The van der Waals surface area contributed by atoms with Crippen LogP contribution >= 0.6 is 0 Å². The number of anilines is 1. The van der Waals surface area contributed by atoms with Crippen molar-refractivity contribution in [1.82, 2.24) is 0 Å². The fourth-order valence-corrected chi connectivity index (χ4v) is 2.74. The topological polar surface area (TPSA) is 117 Å². The van der Waals surface area contributed by atoms with Crippen molar-refractivity contribution < 1.29 is 19.4 Å². The molecule has 0 aliphatic carbocycles. The molecule has 1 fully saturated rings. The van der Waals surface area contributed by atoms with Gasteiger partial charge in [-0.15, -0.1) is 0 Å². The van der Waals surface area contributed by atoms with E-state index in [0.29, 0.717) is 23.6 Å². The smallest absolute Gasteiger partial charge is 0.308 e. The average Bonchev–Trinajstić information content (AvgIpc) is 3.10. The molecular weight excluding hydrogens is 346 g/mol. The molecule has 1 amide bonds. The van der Waals surface area contributed by atoms with Gasteiger partial charge in [-0.2, -0.15) is 5.26 Å². The number of nitrogens with two attached hydrogens (primary N) is 1. The predicted molar refractivity (Wildman–Crippen MR) is 100 cm³/mol. The Morgan fingerprint density at radius 1 is 1.30 bits per heavy atom. The lowest BCUT2D eigenvalue weighted by Crippen LogP contribution is -2.25. The number of carbonyl (C=O) groups is 2. The Bertz CT molecular complexity index is 843. The van der Waals surface area contributed by atoms with E-state index in [2.05, 4.69) is 11.8 Å². The number of amides is 1. The Hall–Kier alpha value is -3.37. The normalized spacial score (nSPS) is 15.5. The monoisotopic (exact) mass is 367 g/mol. The third-order valence-corrected chi connectivity index (χ3v) is 4.08. The summed E-state index contributed by atoms with van der Waals surface area (Å²) in [6, 6.07) is 16.2. The van der Waals surface area contributed by atoms with Crippen molar-refractivity contribution >= 4 is 17.6 Å². The lowest BCUT2D eigenvalue weighted by Gasteiger charge is -2.16. The highest BCUT2D eigenvalue weighted by Crippen LogP contribution is 2.27. The van der Waals surface area contributed by atoms with Crippen LogP contribution in [0, 0.1) is 17.2 Å². The van der Waals surface area contributed by atoms with Crippen molar-refractivity contribution in [2.75, 3.05) is 18.5 Å². The van der Waals surface area contributed by atoms with Gasteiger partial charge in [0, 0.05) is 18.7 Å². The first-order valence-electron chi connectivity index (χ1n) is 8.39. The van der Waals surface area contributed by atoms with Crippen LogP contribution in [0.2, 0.25) is 0 Å². The molecule has 7 heteroatoms. The van der Waals surface area contributed by atoms with Crippen molar-refractivity contribution in [3.05, 3.63) is 59.7 Å². The molecule has 1 heterocycles. The molecule has 27 heavy (non-hydrogen) atoms. The van der Waals surface area contributed by atoms with Crippen molar-refractivity contribution in [2.24, 2.45) is 11.7 Å². The maximum atomic E-state index is 12.0. The first-order valence-corrected chi connectivity index (χ1v) is 8.39.